The van der Waals surface area contributed by atoms with Gasteiger partial charge in [0.2, 0.25) is 11.9 Å². The third kappa shape index (κ3) is 5.22. The molecule has 1 saturated carbocycles. The van der Waals surface area contributed by atoms with Crippen LogP contribution in [0.3, 0.4) is 0 Å². The van der Waals surface area contributed by atoms with E-state index in [1.165, 1.54) is 28.5 Å². The number of alkyl halides is 3. The van der Waals surface area contributed by atoms with Crippen molar-refractivity contribution >= 4 is 39.3 Å². The van der Waals surface area contributed by atoms with Crippen molar-refractivity contribution in [3.63, 3.8) is 0 Å². The maximum atomic E-state index is 13.5. The SMILES string of the molecule is CC.C[C@H](Nc1nc(C(=O)N2CC(NC(=O)C3(C(F)(F)F)CC3)C2)c2sccc2n1)c1cncc(F)c1. The van der Waals surface area contributed by atoms with Gasteiger partial charge >= 0.3 is 6.18 Å². The third-order valence-corrected chi connectivity index (χ3v) is 7.22. The standard InChI is InChI=1S/C22H20F4N6O2S.C2H6/c1-11(12-6-13(23)8-27-7-12)28-20-30-15-2-5-35-17(15)16(31-20)18(33)32-9-14(10-32)29-19(34)21(3-4-21)22(24,25)26;1-2/h2,5-8,11,14H,3-4,9-10H2,1H3,(H,29,34)(H,28,30,31);1-2H3/t11-;/m0./s1. The van der Waals surface area contributed by atoms with Crippen molar-refractivity contribution in [2.75, 3.05) is 18.4 Å². The number of thiophene rings is 1. The van der Waals surface area contributed by atoms with Crippen molar-refractivity contribution < 1.29 is 27.2 Å². The van der Waals surface area contributed by atoms with E-state index in [0.717, 1.165) is 6.20 Å². The van der Waals surface area contributed by atoms with Crippen molar-refractivity contribution in [3.05, 3.63) is 47.0 Å². The van der Waals surface area contributed by atoms with E-state index in [2.05, 4.69) is 25.6 Å². The van der Waals surface area contributed by atoms with E-state index in [9.17, 15) is 27.2 Å². The Morgan fingerprint density at radius 2 is 1.89 bits per heavy atom. The maximum absolute atomic E-state index is 13.5. The van der Waals surface area contributed by atoms with Crippen molar-refractivity contribution in [2.24, 2.45) is 5.41 Å². The van der Waals surface area contributed by atoms with Gasteiger partial charge in [0.05, 0.1) is 28.5 Å². The monoisotopic (exact) mass is 538 g/mol. The van der Waals surface area contributed by atoms with Crippen LogP contribution in [-0.2, 0) is 4.79 Å². The highest BCUT2D eigenvalue weighted by Gasteiger charge is 2.68. The highest BCUT2D eigenvalue weighted by atomic mass is 32.1. The molecule has 3 aromatic heterocycles. The quantitative estimate of drug-likeness (QED) is 0.441. The first-order valence-electron chi connectivity index (χ1n) is 11.9. The van der Waals surface area contributed by atoms with Gasteiger partial charge < -0.3 is 15.5 Å². The average Bonchev–Trinajstić information content (AvgIpc) is 3.54. The van der Waals surface area contributed by atoms with Gasteiger partial charge in [-0.25, -0.2) is 14.4 Å². The van der Waals surface area contributed by atoms with E-state index in [1.54, 1.807) is 18.4 Å². The number of hydrogen-bond donors (Lipinski definition) is 2. The highest BCUT2D eigenvalue weighted by molar-refractivity contribution is 7.17. The molecule has 198 valence electrons. The van der Waals surface area contributed by atoms with Crippen molar-refractivity contribution in [2.45, 2.75) is 51.9 Å². The summed E-state index contributed by atoms with van der Waals surface area (Å²) < 4.78 is 53.6. The number of halogens is 4. The second kappa shape index (κ2) is 10.2. The topological polar surface area (TPSA) is 100 Å². The molecule has 8 nitrogen and oxygen atoms in total. The Balaban J connectivity index is 0.00000156. The molecule has 2 N–H and O–H groups in total. The Kier molecular flexibility index (Phi) is 7.36. The molecule has 37 heavy (non-hydrogen) atoms. The number of hydrogen-bond acceptors (Lipinski definition) is 7. The van der Waals surface area contributed by atoms with Crippen LogP contribution in [-0.4, -0.2) is 57.0 Å². The van der Waals surface area contributed by atoms with Gasteiger partial charge in [-0.05, 0) is 42.8 Å². The Hall–Kier alpha value is -3.35. The van der Waals surface area contributed by atoms with Crippen LogP contribution in [0.5, 0.6) is 0 Å². The van der Waals surface area contributed by atoms with Gasteiger partial charge in [-0.15, -0.1) is 11.3 Å². The lowest BCUT2D eigenvalue weighted by atomic mass is 10.0. The van der Waals surface area contributed by atoms with E-state index in [1.807, 2.05) is 13.8 Å². The number of likely N-dealkylation sites (tertiary alicyclic amines) is 1. The first-order chi connectivity index (χ1) is 17.6. The minimum Gasteiger partial charge on any atom is -0.349 e. The summed E-state index contributed by atoms with van der Waals surface area (Å²) in [4.78, 5) is 39.4. The molecule has 0 unspecified atom stereocenters. The number of pyridine rings is 1. The first-order valence-corrected chi connectivity index (χ1v) is 12.7. The third-order valence-electron chi connectivity index (χ3n) is 6.31. The maximum Gasteiger partial charge on any atom is 0.403 e. The lowest BCUT2D eigenvalue weighted by molar-refractivity contribution is -0.193. The summed E-state index contributed by atoms with van der Waals surface area (Å²) >= 11 is 1.29. The Morgan fingerprint density at radius 1 is 1.19 bits per heavy atom. The van der Waals surface area contributed by atoms with E-state index in [-0.39, 0.29) is 37.6 Å². The summed E-state index contributed by atoms with van der Waals surface area (Å²) in [7, 11) is 0. The summed E-state index contributed by atoms with van der Waals surface area (Å²) in [5, 5.41) is 7.24. The van der Waals surface area contributed by atoms with Crippen LogP contribution < -0.4 is 10.6 Å². The number of fused-ring (bicyclic) bond motifs is 1. The molecule has 0 radical (unpaired) electrons. The molecule has 5 rings (SSSR count). The Morgan fingerprint density at radius 3 is 2.51 bits per heavy atom. The highest BCUT2D eigenvalue weighted by Crippen LogP contribution is 2.57. The largest absolute Gasteiger partial charge is 0.403 e. The fourth-order valence-corrected chi connectivity index (χ4v) is 4.80. The van der Waals surface area contributed by atoms with E-state index >= 15 is 0 Å². The number of anilines is 1. The average molecular weight is 539 g/mol. The smallest absolute Gasteiger partial charge is 0.349 e. The molecule has 0 spiro atoms. The number of amides is 2. The van der Waals surface area contributed by atoms with Crippen LogP contribution in [0.1, 0.15) is 55.7 Å². The molecule has 1 aliphatic carbocycles. The van der Waals surface area contributed by atoms with Crippen molar-refractivity contribution in [1.82, 2.24) is 25.2 Å². The molecule has 0 aromatic carbocycles. The van der Waals surface area contributed by atoms with E-state index in [4.69, 9.17) is 0 Å². The lowest BCUT2D eigenvalue weighted by Crippen LogP contribution is -2.62. The van der Waals surface area contributed by atoms with Crippen LogP contribution in [0.25, 0.3) is 10.2 Å². The molecular formula is C24H26F4N6O2S. The van der Waals surface area contributed by atoms with Gasteiger partial charge in [0.1, 0.15) is 11.2 Å². The Bertz CT molecular complexity index is 1300. The van der Waals surface area contributed by atoms with Crippen LogP contribution >= 0.6 is 11.3 Å². The van der Waals surface area contributed by atoms with Gasteiger partial charge in [-0.1, -0.05) is 13.8 Å². The van der Waals surface area contributed by atoms with Crippen LogP contribution in [0.4, 0.5) is 23.5 Å². The zero-order chi connectivity index (χ0) is 27.0. The molecule has 13 heteroatoms. The normalized spacial score (nSPS) is 17.3. The Labute approximate surface area is 214 Å². The van der Waals surface area contributed by atoms with Crippen molar-refractivity contribution in [1.29, 1.82) is 0 Å². The molecular weight excluding hydrogens is 512 g/mol. The molecule has 2 amide bonds. The number of carbonyl (C=O) groups excluding carboxylic acids is 2. The van der Waals surface area contributed by atoms with Gasteiger partial charge in [0.15, 0.2) is 5.69 Å². The minimum absolute atomic E-state index is 0.0868. The summed E-state index contributed by atoms with van der Waals surface area (Å²) in [6, 6.07) is 2.12. The number of aromatic nitrogens is 3. The first kappa shape index (κ1) is 26.7. The van der Waals surface area contributed by atoms with Crippen LogP contribution in [0.15, 0.2) is 29.9 Å². The van der Waals surface area contributed by atoms with E-state index in [0.29, 0.717) is 15.8 Å². The summed E-state index contributed by atoms with van der Waals surface area (Å²) in [6.45, 7) is 5.95. The lowest BCUT2D eigenvalue weighted by Gasteiger charge is -2.40. The molecule has 1 atom stereocenters. The second-order valence-corrected chi connectivity index (χ2v) is 9.71. The van der Waals surface area contributed by atoms with Gasteiger partial charge in [0.25, 0.3) is 5.91 Å². The molecule has 3 aromatic rings. The van der Waals surface area contributed by atoms with Gasteiger partial charge in [-0.2, -0.15) is 13.2 Å². The predicted octanol–water partition coefficient (Wildman–Crippen LogP) is 4.71. The van der Waals surface area contributed by atoms with Crippen LogP contribution in [0.2, 0.25) is 0 Å². The molecule has 4 heterocycles. The number of rotatable bonds is 6. The molecule has 2 aliphatic rings. The summed E-state index contributed by atoms with van der Waals surface area (Å²) in [6.07, 6.45) is -2.40. The van der Waals surface area contributed by atoms with Gasteiger partial charge in [0, 0.05) is 19.3 Å². The fraction of sp³-hybridized carbons (Fsp3) is 0.458. The minimum atomic E-state index is -4.58. The molecule has 1 aliphatic heterocycles. The molecule has 1 saturated heterocycles. The van der Waals surface area contributed by atoms with Gasteiger partial charge in [-0.3, -0.25) is 14.6 Å². The van der Waals surface area contributed by atoms with Crippen molar-refractivity contribution in [3.8, 4) is 0 Å². The predicted molar refractivity (Wildman–Crippen MR) is 131 cm³/mol. The van der Waals surface area contributed by atoms with E-state index < -0.39 is 41.3 Å². The fourth-order valence-electron chi connectivity index (χ4n) is 3.99. The number of nitrogens with zero attached hydrogens (tertiary/aromatic N) is 4. The summed E-state index contributed by atoms with van der Waals surface area (Å²) in [5.41, 5.74) is -1.02. The zero-order valence-corrected chi connectivity index (χ0v) is 21.2. The molecule has 0 bridgehead atoms. The summed E-state index contributed by atoms with van der Waals surface area (Å²) in [5.74, 6) is -1.76. The molecule has 2 fully saturated rings. The number of carbonyl (C=O) groups is 2. The number of nitrogens with one attached hydrogen (secondary N) is 2. The van der Waals surface area contributed by atoms with Crippen LogP contribution in [0, 0.1) is 11.2 Å². The zero-order valence-electron chi connectivity index (χ0n) is 20.4. The second-order valence-electron chi connectivity index (χ2n) is 8.79.